The molecular formula is C8H9NO3S. The Morgan fingerprint density at radius 1 is 1.62 bits per heavy atom. The van der Waals surface area contributed by atoms with E-state index < -0.39 is 5.97 Å². The third-order valence-corrected chi connectivity index (χ3v) is 2.63. The number of hydrogen-bond acceptors (Lipinski definition) is 4. The van der Waals surface area contributed by atoms with Crippen LogP contribution in [0, 0.1) is 0 Å². The smallest absolute Gasteiger partial charge is 0.338 e. The van der Waals surface area contributed by atoms with Crippen LogP contribution in [0.25, 0.3) is 0 Å². The molecule has 0 bridgehead atoms. The van der Waals surface area contributed by atoms with Gasteiger partial charge in [-0.15, -0.1) is 11.3 Å². The van der Waals surface area contributed by atoms with E-state index in [0.29, 0.717) is 24.5 Å². The van der Waals surface area contributed by atoms with Gasteiger partial charge < -0.3 is 15.2 Å². The van der Waals surface area contributed by atoms with Gasteiger partial charge in [0.1, 0.15) is 0 Å². The van der Waals surface area contributed by atoms with Gasteiger partial charge in [-0.05, 0) is 0 Å². The van der Waals surface area contributed by atoms with Crippen LogP contribution in [0.3, 0.4) is 0 Å². The van der Waals surface area contributed by atoms with Crippen molar-refractivity contribution in [1.29, 1.82) is 0 Å². The number of ether oxygens (including phenoxy) is 1. The van der Waals surface area contributed by atoms with Gasteiger partial charge in [-0.25, -0.2) is 4.79 Å². The molecule has 0 amide bonds. The number of anilines is 1. The quantitative estimate of drug-likeness (QED) is 0.769. The molecule has 2 N–H and O–H groups in total. The average molecular weight is 199 g/mol. The molecule has 0 radical (unpaired) electrons. The molecule has 13 heavy (non-hydrogen) atoms. The first-order valence-electron chi connectivity index (χ1n) is 3.91. The Hall–Kier alpha value is -1.07. The van der Waals surface area contributed by atoms with Gasteiger partial charge in [0.25, 0.3) is 0 Å². The summed E-state index contributed by atoms with van der Waals surface area (Å²) >= 11 is 1.39. The third-order valence-electron chi connectivity index (χ3n) is 1.89. The van der Waals surface area contributed by atoms with Crippen LogP contribution in [0.5, 0.6) is 0 Å². The summed E-state index contributed by atoms with van der Waals surface area (Å²) in [4.78, 5) is 10.7. The van der Waals surface area contributed by atoms with Crippen molar-refractivity contribution < 1.29 is 14.6 Å². The first-order chi connectivity index (χ1) is 6.27. The van der Waals surface area contributed by atoms with E-state index in [0.717, 1.165) is 0 Å². The molecule has 1 fully saturated rings. The second-order valence-corrected chi connectivity index (χ2v) is 3.63. The molecule has 0 atom stereocenters. The number of thiophene rings is 1. The predicted octanol–water partition coefficient (Wildman–Crippen LogP) is 1.26. The lowest BCUT2D eigenvalue weighted by Crippen LogP contribution is -2.40. The molecule has 0 spiro atoms. The van der Waals surface area contributed by atoms with Crippen LogP contribution in [-0.4, -0.2) is 30.3 Å². The highest BCUT2D eigenvalue weighted by Gasteiger charge is 2.20. The second-order valence-electron chi connectivity index (χ2n) is 2.88. The standard InChI is InChI=1S/C8H9NO3S/c10-8(11)6-3-13-4-7(6)9-5-1-12-2-5/h3-5,9H,1-2H2,(H,10,11). The number of carboxylic acid groups (broad SMARTS) is 1. The lowest BCUT2D eigenvalue weighted by molar-refractivity contribution is 0.0210. The van der Waals surface area contributed by atoms with E-state index >= 15 is 0 Å². The van der Waals surface area contributed by atoms with E-state index in [4.69, 9.17) is 9.84 Å². The number of hydrogen-bond donors (Lipinski definition) is 2. The molecule has 1 aromatic heterocycles. The fraction of sp³-hybridized carbons (Fsp3) is 0.375. The van der Waals surface area contributed by atoms with Crippen LogP contribution in [0.4, 0.5) is 5.69 Å². The van der Waals surface area contributed by atoms with Crippen LogP contribution in [-0.2, 0) is 4.74 Å². The van der Waals surface area contributed by atoms with Crippen LogP contribution in [0.2, 0.25) is 0 Å². The summed E-state index contributed by atoms with van der Waals surface area (Å²) in [6.45, 7) is 1.32. The molecule has 0 saturated carbocycles. The summed E-state index contributed by atoms with van der Waals surface area (Å²) in [5.41, 5.74) is 1.04. The van der Waals surface area contributed by atoms with Crippen molar-refractivity contribution in [3.8, 4) is 0 Å². The maximum atomic E-state index is 10.7. The molecular weight excluding hydrogens is 190 g/mol. The highest BCUT2D eigenvalue weighted by atomic mass is 32.1. The van der Waals surface area contributed by atoms with Crippen LogP contribution in [0.1, 0.15) is 10.4 Å². The van der Waals surface area contributed by atoms with Gasteiger partial charge in [-0.1, -0.05) is 0 Å². The lowest BCUT2D eigenvalue weighted by atomic mass is 10.2. The Bertz CT molecular complexity index is 319. The first-order valence-corrected chi connectivity index (χ1v) is 4.85. The monoisotopic (exact) mass is 199 g/mol. The summed E-state index contributed by atoms with van der Waals surface area (Å²) < 4.78 is 4.98. The molecule has 2 rings (SSSR count). The number of rotatable bonds is 3. The normalized spacial score (nSPS) is 16.6. The third kappa shape index (κ3) is 1.66. The van der Waals surface area contributed by atoms with Crippen LogP contribution in [0.15, 0.2) is 10.8 Å². The molecule has 1 aliphatic rings. The molecule has 0 aromatic carbocycles. The van der Waals surface area contributed by atoms with E-state index in [-0.39, 0.29) is 6.04 Å². The van der Waals surface area contributed by atoms with E-state index in [1.54, 1.807) is 5.38 Å². The van der Waals surface area contributed by atoms with Gasteiger partial charge in [0.05, 0.1) is 30.5 Å². The summed E-state index contributed by atoms with van der Waals surface area (Å²) in [7, 11) is 0. The molecule has 1 saturated heterocycles. The van der Waals surface area contributed by atoms with E-state index in [1.165, 1.54) is 11.3 Å². The predicted molar refractivity (Wildman–Crippen MR) is 49.5 cm³/mol. The van der Waals surface area contributed by atoms with E-state index in [9.17, 15) is 4.79 Å². The molecule has 0 unspecified atom stereocenters. The molecule has 70 valence electrons. The molecule has 4 nitrogen and oxygen atoms in total. The van der Waals surface area contributed by atoms with Gasteiger partial charge in [0, 0.05) is 10.8 Å². The van der Waals surface area contributed by atoms with Crippen molar-refractivity contribution in [2.75, 3.05) is 18.5 Å². The Balaban J connectivity index is 2.09. The SMILES string of the molecule is O=C(O)c1cscc1NC1COC1. The second kappa shape index (κ2) is 3.35. The first kappa shape index (κ1) is 8.52. The van der Waals surface area contributed by atoms with Crippen molar-refractivity contribution in [2.45, 2.75) is 6.04 Å². The summed E-state index contributed by atoms with van der Waals surface area (Å²) in [6, 6.07) is 0.271. The number of nitrogens with one attached hydrogen (secondary N) is 1. The van der Waals surface area contributed by atoms with Crippen LogP contribution >= 0.6 is 11.3 Å². The number of aromatic carboxylic acids is 1. The molecule has 1 aliphatic heterocycles. The number of carboxylic acids is 1. The summed E-state index contributed by atoms with van der Waals surface area (Å²) in [5, 5.41) is 15.3. The van der Waals surface area contributed by atoms with Crippen molar-refractivity contribution in [3.63, 3.8) is 0 Å². The molecule has 0 aliphatic carbocycles. The van der Waals surface area contributed by atoms with Crippen LogP contribution < -0.4 is 5.32 Å². The molecule has 1 aromatic rings. The largest absolute Gasteiger partial charge is 0.478 e. The molecule has 5 heteroatoms. The van der Waals surface area contributed by atoms with Crippen molar-refractivity contribution in [2.24, 2.45) is 0 Å². The molecule has 2 heterocycles. The van der Waals surface area contributed by atoms with Crippen molar-refractivity contribution >= 4 is 23.0 Å². The Kier molecular flexibility index (Phi) is 2.20. The van der Waals surface area contributed by atoms with E-state index in [2.05, 4.69) is 5.32 Å². The summed E-state index contributed by atoms with van der Waals surface area (Å²) in [6.07, 6.45) is 0. The minimum atomic E-state index is -0.885. The zero-order valence-corrected chi connectivity index (χ0v) is 7.63. The Morgan fingerprint density at radius 3 is 2.92 bits per heavy atom. The Morgan fingerprint density at radius 2 is 2.38 bits per heavy atom. The van der Waals surface area contributed by atoms with Gasteiger partial charge in [0.15, 0.2) is 0 Å². The van der Waals surface area contributed by atoms with E-state index in [1.807, 2.05) is 5.38 Å². The minimum absolute atomic E-state index is 0.271. The fourth-order valence-corrected chi connectivity index (χ4v) is 1.88. The fourth-order valence-electron chi connectivity index (χ4n) is 1.11. The van der Waals surface area contributed by atoms with Crippen molar-refractivity contribution in [1.82, 2.24) is 0 Å². The lowest BCUT2D eigenvalue weighted by Gasteiger charge is -2.27. The Labute approximate surface area is 79.1 Å². The highest BCUT2D eigenvalue weighted by Crippen LogP contribution is 2.22. The van der Waals surface area contributed by atoms with Crippen molar-refractivity contribution in [3.05, 3.63) is 16.3 Å². The summed E-state index contributed by atoms with van der Waals surface area (Å²) in [5.74, 6) is -0.885. The van der Waals surface area contributed by atoms with Gasteiger partial charge in [0.2, 0.25) is 0 Å². The highest BCUT2D eigenvalue weighted by molar-refractivity contribution is 7.08. The minimum Gasteiger partial charge on any atom is -0.478 e. The van der Waals surface area contributed by atoms with Gasteiger partial charge in [-0.2, -0.15) is 0 Å². The topological polar surface area (TPSA) is 58.6 Å². The number of carbonyl (C=O) groups is 1. The zero-order valence-electron chi connectivity index (χ0n) is 6.82. The van der Waals surface area contributed by atoms with Gasteiger partial charge in [-0.3, -0.25) is 0 Å². The van der Waals surface area contributed by atoms with Gasteiger partial charge >= 0.3 is 5.97 Å². The maximum Gasteiger partial charge on any atom is 0.338 e. The average Bonchev–Trinajstić information content (AvgIpc) is 2.44. The maximum absolute atomic E-state index is 10.7. The zero-order chi connectivity index (χ0) is 9.26.